The van der Waals surface area contributed by atoms with Gasteiger partial charge in [-0.1, -0.05) is 12.1 Å². The minimum atomic E-state index is -3.61. The second-order valence-electron chi connectivity index (χ2n) is 4.61. The predicted octanol–water partition coefficient (Wildman–Crippen LogP) is 1.88. The topological polar surface area (TPSA) is 105 Å². The third kappa shape index (κ3) is 4.95. The molecule has 2 aromatic carbocycles. The van der Waals surface area contributed by atoms with Gasteiger partial charge in [0, 0.05) is 12.1 Å². The number of methoxy groups -OCH3 is 1. The van der Waals surface area contributed by atoms with Crippen molar-refractivity contribution in [1.82, 2.24) is 4.72 Å². The van der Waals surface area contributed by atoms with Crippen molar-refractivity contribution in [2.24, 2.45) is 5.73 Å². The van der Waals surface area contributed by atoms with Crippen LogP contribution < -0.4 is 15.2 Å². The Kier molecular flexibility index (Phi) is 6.56. The first kappa shape index (κ1) is 19.0. The molecule has 0 heterocycles. The average Bonchev–Trinajstić information content (AvgIpc) is 2.53. The zero-order valence-electron chi connectivity index (χ0n) is 12.4. The molecular weight excluding hydrogens is 338 g/mol. The van der Waals surface area contributed by atoms with E-state index in [1.807, 2.05) is 0 Å². The summed E-state index contributed by atoms with van der Waals surface area (Å²) < 4.78 is 32.0. The molecule has 124 valence electrons. The Balaban J connectivity index is 0.00000264. The highest BCUT2D eigenvalue weighted by atomic mass is 35.5. The normalized spacial score (nSPS) is 10.7. The third-order valence-electron chi connectivity index (χ3n) is 3.10. The van der Waals surface area contributed by atoms with Crippen LogP contribution in [0.25, 0.3) is 0 Å². The highest BCUT2D eigenvalue weighted by Gasteiger charge is 2.13. The molecule has 0 spiro atoms. The number of hydrogen-bond acceptors (Lipinski definition) is 4. The molecule has 0 radical (unpaired) electrons. The van der Waals surface area contributed by atoms with Crippen molar-refractivity contribution in [3.8, 4) is 5.75 Å². The maximum absolute atomic E-state index is 12.2. The van der Waals surface area contributed by atoms with E-state index in [9.17, 15) is 8.42 Å². The lowest BCUT2D eigenvalue weighted by molar-refractivity contribution is 0.414. The fourth-order valence-electron chi connectivity index (χ4n) is 1.82. The van der Waals surface area contributed by atoms with Gasteiger partial charge in [0.25, 0.3) is 0 Å². The van der Waals surface area contributed by atoms with E-state index in [0.29, 0.717) is 11.3 Å². The molecule has 0 aromatic heterocycles. The van der Waals surface area contributed by atoms with Crippen LogP contribution in [0.15, 0.2) is 53.4 Å². The van der Waals surface area contributed by atoms with Gasteiger partial charge < -0.3 is 10.5 Å². The molecule has 8 heteroatoms. The lowest BCUT2D eigenvalue weighted by atomic mass is 10.2. The summed E-state index contributed by atoms with van der Waals surface area (Å²) in [6, 6.07) is 13.0. The van der Waals surface area contributed by atoms with Gasteiger partial charge in [0.05, 0.1) is 12.0 Å². The van der Waals surface area contributed by atoms with Gasteiger partial charge in [-0.3, -0.25) is 5.41 Å². The monoisotopic (exact) mass is 355 g/mol. The minimum absolute atomic E-state index is 0. The number of nitrogens with one attached hydrogen (secondary N) is 2. The largest absolute Gasteiger partial charge is 0.497 e. The molecule has 2 aromatic rings. The number of hydrogen-bond donors (Lipinski definition) is 3. The second kappa shape index (κ2) is 7.96. The number of ether oxygens (including phenoxy) is 1. The molecule has 4 N–H and O–H groups in total. The van der Waals surface area contributed by atoms with Crippen LogP contribution in [0.4, 0.5) is 0 Å². The highest BCUT2D eigenvalue weighted by Crippen LogP contribution is 2.13. The zero-order valence-corrected chi connectivity index (χ0v) is 14.1. The van der Waals surface area contributed by atoms with Gasteiger partial charge in [-0.05, 0) is 42.0 Å². The summed E-state index contributed by atoms with van der Waals surface area (Å²) in [5, 5.41) is 7.29. The number of sulfonamides is 1. The molecule has 0 amide bonds. The molecule has 0 aliphatic carbocycles. The van der Waals surface area contributed by atoms with E-state index >= 15 is 0 Å². The Bertz CT molecular complexity index is 760. The summed E-state index contributed by atoms with van der Waals surface area (Å²) >= 11 is 0. The lowest BCUT2D eigenvalue weighted by Crippen LogP contribution is -2.23. The van der Waals surface area contributed by atoms with Gasteiger partial charge in [0.1, 0.15) is 11.6 Å². The maximum atomic E-state index is 12.2. The van der Waals surface area contributed by atoms with Crippen LogP contribution in [0.5, 0.6) is 5.75 Å². The van der Waals surface area contributed by atoms with Crippen molar-refractivity contribution in [3.05, 3.63) is 59.7 Å². The number of nitrogens with two attached hydrogens (primary N) is 1. The Labute approximate surface area is 141 Å². The van der Waals surface area contributed by atoms with Crippen LogP contribution in [-0.4, -0.2) is 21.4 Å². The van der Waals surface area contributed by atoms with Crippen molar-refractivity contribution in [2.45, 2.75) is 11.4 Å². The Hall–Kier alpha value is -2.09. The van der Waals surface area contributed by atoms with Crippen molar-refractivity contribution < 1.29 is 13.2 Å². The van der Waals surface area contributed by atoms with Crippen LogP contribution in [0, 0.1) is 5.41 Å². The van der Waals surface area contributed by atoms with Gasteiger partial charge in [-0.25, -0.2) is 13.1 Å². The second-order valence-corrected chi connectivity index (χ2v) is 6.38. The molecule has 2 rings (SSSR count). The number of amidine groups is 1. The van der Waals surface area contributed by atoms with Gasteiger partial charge in [0.15, 0.2) is 0 Å². The first-order valence-corrected chi connectivity index (χ1v) is 7.98. The highest BCUT2D eigenvalue weighted by molar-refractivity contribution is 7.89. The standard InChI is InChI=1S/C15H17N3O3S.ClH/c1-21-13-6-2-11(3-7-13)10-18-22(19,20)14-8-4-12(5-9-14)15(16)17;/h2-9,18H,10H2,1H3,(H3,16,17);1H. The number of nitrogen functional groups attached to an aromatic ring is 1. The molecule has 0 unspecified atom stereocenters. The molecule has 0 fully saturated rings. The van der Waals surface area contributed by atoms with Crippen molar-refractivity contribution >= 4 is 28.3 Å². The summed E-state index contributed by atoms with van der Waals surface area (Å²) in [5.74, 6) is 0.613. The van der Waals surface area contributed by atoms with Crippen LogP contribution in [0.1, 0.15) is 11.1 Å². The molecular formula is C15H18ClN3O3S. The molecule has 0 aliphatic rings. The van der Waals surface area contributed by atoms with Crippen molar-refractivity contribution in [3.63, 3.8) is 0 Å². The van der Waals surface area contributed by atoms with Gasteiger partial charge >= 0.3 is 0 Å². The molecule has 0 atom stereocenters. The first-order chi connectivity index (χ1) is 10.4. The van der Waals surface area contributed by atoms with Crippen molar-refractivity contribution in [2.75, 3.05) is 7.11 Å². The van der Waals surface area contributed by atoms with E-state index in [1.165, 1.54) is 24.3 Å². The molecule has 6 nitrogen and oxygen atoms in total. The Morgan fingerprint density at radius 2 is 1.70 bits per heavy atom. The first-order valence-electron chi connectivity index (χ1n) is 6.49. The third-order valence-corrected chi connectivity index (χ3v) is 4.52. The maximum Gasteiger partial charge on any atom is 0.240 e. The quantitative estimate of drug-likeness (QED) is 0.543. The zero-order chi connectivity index (χ0) is 16.2. The summed E-state index contributed by atoms with van der Waals surface area (Å²) in [5.41, 5.74) is 6.64. The molecule has 0 aliphatic heterocycles. The summed E-state index contributed by atoms with van der Waals surface area (Å²) in [6.45, 7) is 0.181. The van der Waals surface area contributed by atoms with E-state index in [1.54, 1.807) is 31.4 Å². The summed E-state index contributed by atoms with van der Waals surface area (Å²) in [6.07, 6.45) is 0. The van der Waals surface area contributed by atoms with Gasteiger partial charge in [-0.2, -0.15) is 0 Å². The molecule has 0 saturated carbocycles. The number of benzene rings is 2. The van der Waals surface area contributed by atoms with E-state index in [4.69, 9.17) is 15.9 Å². The minimum Gasteiger partial charge on any atom is -0.497 e. The fraction of sp³-hybridized carbons (Fsp3) is 0.133. The van der Waals surface area contributed by atoms with E-state index in [-0.39, 0.29) is 29.7 Å². The van der Waals surface area contributed by atoms with Crippen LogP contribution in [0.3, 0.4) is 0 Å². The van der Waals surface area contributed by atoms with E-state index < -0.39 is 10.0 Å². The molecule has 23 heavy (non-hydrogen) atoms. The van der Waals surface area contributed by atoms with Crippen molar-refractivity contribution in [1.29, 1.82) is 5.41 Å². The van der Waals surface area contributed by atoms with Gasteiger partial charge in [-0.15, -0.1) is 12.4 Å². The smallest absolute Gasteiger partial charge is 0.240 e. The van der Waals surface area contributed by atoms with E-state index in [2.05, 4.69) is 4.72 Å². The van der Waals surface area contributed by atoms with Crippen LogP contribution >= 0.6 is 12.4 Å². The lowest BCUT2D eigenvalue weighted by Gasteiger charge is -2.08. The summed E-state index contributed by atoms with van der Waals surface area (Å²) in [4.78, 5) is 0.131. The number of rotatable bonds is 6. The molecule has 0 bridgehead atoms. The molecule has 0 saturated heterocycles. The predicted molar refractivity (Wildman–Crippen MR) is 91.7 cm³/mol. The SMILES string of the molecule is COc1ccc(CNS(=O)(=O)c2ccc(C(=N)N)cc2)cc1.Cl. The van der Waals surface area contributed by atoms with E-state index in [0.717, 1.165) is 5.56 Å². The Morgan fingerprint density at radius 1 is 1.13 bits per heavy atom. The summed E-state index contributed by atoms with van der Waals surface area (Å²) in [7, 11) is -2.04. The number of halogens is 1. The van der Waals surface area contributed by atoms with Crippen LogP contribution in [-0.2, 0) is 16.6 Å². The van der Waals surface area contributed by atoms with Crippen LogP contribution in [0.2, 0.25) is 0 Å². The van der Waals surface area contributed by atoms with Gasteiger partial charge in [0.2, 0.25) is 10.0 Å². The Morgan fingerprint density at radius 3 is 2.17 bits per heavy atom. The average molecular weight is 356 g/mol. The fourth-order valence-corrected chi connectivity index (χ4v) is 2.84.